The van der Waals surface area contributed by atoms with Crippen molar-refractivity contribution in [3.05, 3.63) is 12.2 Å². The molecule has 0 radical (unpaired) electrons. The van der Waals surface area contributed by atoms with E-state index in [1.807, 2.05) is 0 Å². The molecule has 0 bridgehead atoms. The van der Waals surface area contributed by atoms with Crippen molar-refractivity contribution < 1.29 is 13.2 Å². The van der Waals surface area contributed by atoms with Crippen LogP contribution in [0.25, 0.3) is 0 Å². The fourth-order valence-corrected chi connectivity index (χ4v) is 0.535. The van der Waals surface area contributed by atoms with E-state index in [0.29, 0.717) is 6.42 Å². The maximum Gasteiger partial charge on any atom is 0.394 e. The Morgan fingerprint density at radius 1 is 1.45 bits per heavy atom. The van der Waals surface area contributed by atoms with Crippen LogP contribution in [0.1, 0.15) is 19.8 Å². The van der Waals surface area contributed by atoms with Crippen LogP contribution in [-0.4, -0.2) is 11.9 Å². The fourth-order valence-electron chi connectivity index (χ4n) is 0.535. The number of allylic oxidation sites excluding steroid dienone is 2. The van der Waals surface area contributed by atoms with Gasteiger partial charge in [0.1, 0.15) is 0 Å². The number of rotatable bonds is 3. The van der Waals surface area contributed by atoms with Crippen LogP contribution >= 0.6 is 0 Å². The molecule has 1 N–H and O–H groups in total. The SMILES string of the molecule is CC/C=C\C(=N)CC(F)(F)F. The molecule has 1 nitrogen and oxygen atoms in total. The van der Waals surface area contributed by atoms with Crippen molar-refractivity contribution >= 4 is 5.71 Å². The van der Waals surface area contributed by atoms with Gasteiger partial charge < -0.3 is 5.41 Å². The lowest BCUT2D eigenvalue weighted by molar-refractivity contribution is -0.121. The van der Waals surface area contributed by atoms with Gasteiger partial charge in [0.05, 0.1) is 6.42 Å². The van der Waals surface area contributed by atoms with E-state index in [2.05, 4.69) is 0 Å². The number of nitrogens with one attached hydrogen (secondary N) is 1. The van der Waals surface area contributed by atoms with Crippen molar-refractivity contribution in [3.8, 4) is 0 Å². The van der Waals surface area contributed by atoms with Crippen LogP contribution in [0.4, 0.5) is 13.2 Å². The summed E-state index contributed by atoms with van der Waals surface area (Å²) in [6, 6.07) is 0. The van der Waals surface area contributed by atoms with E-state index in [0.717, 1.165) is 0 Å². The normalized spacial score (nSPS) is 12.4. The number of hydrogen-bond acceptors (Lipinski definition) is 1. The lowest BCUT2D eigenvalue weighted by Gasteiger charge is -2.03. The molecular weight excluding hydrogens is 155 g/mol. The second-order valence-electron chi connectivity index (χ2n) is 2.13. The maximum absolute atomic E-state index is 11.6. The molecule has 0 amide bonds. The van der Waals surface area contributed by atoms with E-state index in [-0.39, 0.29) is 5.71 Å². The highest BCUT2D eigenvalue weighted by atomic mass is 19.4. The number of halogens is 3. The van der Waals surface area contributed by atoms with Gasteiger partial charge in [-0.05, 0) is 12.5 Å². The largest absolute Gasteiger partial charge is 0.394 e. The highest BCUT2D eigenvalue weighted by Crippen LogP contribution is 2.19. The summed E-state index contributed by atoms with van der Waals surface area (Å²) in [5, 5.41) is 6.84. The van der Waals surface area contributed by atoms with Crippen LogP contribution in [0.15, 0.2) is 12.2 Å². The van der Waals surface area contributed by atoms with Crippen LogP contribution in [0.2, 0.25) is 0 Å². The highest BCUT2D eigenvalue weighted by molar-refractivity contribution is 5.92. The summed E-state index contributed by atoms with van der Waals surface area (Å²) in [6.45, 7) is 1.80. The van der Waals surface area contributed by atoms with Gasteiger partial charge in [0.25, 0.3) is 0 Å². The van der Waals surface area contributed by atoms with Crippen LogP contribution < -0.4 is 0 Å². The third kappa shape index (κ3) is 7.09. The molecule has 0 unspecified atom stereocenters. The zero-order valence-electron chi connectivity index (χ0n) is 6.20. The van der Waals surface area contributed by atoms with Gasteiger partial charge >= 0.3 is 6.18 Å². The molecule has 0 aliphatic rings. The van der Waals surface area contributed by atoms with Gasteiger partial charge in [0.15, 0.2) is 0 Å². The second kappa shape index (κ2) is 4.16. The Kier molecular flexibility index (Phi) is 3.85. The third-order valence-corrected chi connectivity index (χ3v) is 0.946. The minimum Gasteiger partial charge on any atom is -0.305 e. The lowest BCUT2D eigenvalue weighted by atomic mass is 10.2. The average Bonchev–Trinajstić information content (AvgIpc) is 1.79. The van der Waals surface area contributed by atoms with E-state index in [9.17, 15) is 13.2 Å². The Bertz CT molecular complexity index is 158. The molecule has 0 fully saturated rings. The Hall–Kier alpha value is -0.800. The van der Waals surface area contributed by atoms with Crippen molar-refractivity contribution in [1.82, 2.24) is 0 Å². The van der Waals surface area contributed by atoms with Crippen molar-refractivity contribution in [2.24, 2.45) is 0 Å². The number of alkyl halides is 3. The molecular formula is C7H10F3N. The first-order valence-corrected chi connectivity index (χ1v) is 3.26. The lowest BCUT2D eigenvalue weighted by Crippen LogP contribution is -2.12. The molecule has 11 heavy (non-hydrogen) atoms. The van der Waals surface area contributed by atoms with E-state index < -0.39 is 12.6 Å². The van der Waals surface area contributed by atoms with Crippen molar-refractivity contribution in [2.45, 2.75) is 25.9 Å². The molecule has 0 saturated carbocycles. The standard InChI is InChI=1S/C7H10F3N/c1-2-3-4-6(11)5-7(8,9)10/h3-4,11H,2,5H2,1H3/b4-3-,11-6?. The molecule has 0 saturated heterocycles. The van der Waals surface area contributed by atoms with Gasteiger partial charge in [-0.25, -0.2) is 0 Å². The van der Waals surface area contributed by atoms with E-state index >= 15 is 0 Å². The Labute approximate surface area is 63.4 Å². The second-order valence-corrected chi connectivity index (χ2v) is 2.13. The molecule has 0 atom stereocenters. The molecule has 0 spiro atoms. The van der Waals surface area contributed by atoms with Gasteiger partial charge in [-0.3, -0.25) is 0 Å². The first-order chi connectivity index (χ1) is 4.95. The zero-order chi connectivity index (χ0) is 8.91. The van der Waals surface area contributed by atoms with E-state index in [4.69, 9.17) is 5.41 Å². The minimum atomic E-state index is -4.25. The Balaban J connectivity index is 3.80. The topological polar surface area (TPSA) is 23.9 Å². The highest BCUT2D eigenvalue weighted by Gasteiger charge is 2.28. The zero-order valence-corrected chi connectivity index (χ0v) is 6.20. The molecule has 64 valence electrons. The predicted molar refractivity (Wildman–Crippen MR) is 37.8 cm³/mol. The molecule has 0 aliphatic heterocycles. The molecule has 0 aliphatic carbocycles. The van der Waals surface area contributed by atoms with Gasteiger partial charge in [-0.1, -0.05) is 13.0 Å². The molecule has 0 aromatic heterocycles. The van der Waals surface area contributed by atoms with E-state index in [1.165, 1.54) is 12.2 Å². The smallest absolute Gasteiger partial charge is 0.305 e. The molecule has 0 aromatic rings. The van der Waals surface area contributed by atoms with Crippen LogP contribution in [0.5, 0.6) is 0 Å². The molecule has 4 heteroatoms. The van der Waals surface area contributed by atoms with Crippen LogP contribution in [0.3, 0.4) is 0 Å². The summed E-state index contributed by atoms with van der Waals surface area (Å²) in [4.78, 5) is 0. The first kappa shape index (κ1) is 10.2. The van der Waals surface area contributed by atoms with E-state index in [1.54, 1.807) is 6.92 Å². The van der Waals surface area contributed by atoms with Gasteiger partial charge in [0.2, 0.25) is 0 Å². The van der Waals surface area contributed by atoms with Crippen molar-refractivity contribution in [3.63, 3.8) is 0 Å². The summed E-state index contributed by atoms with van der Waals surface area (Å²) in [6.07, 6.45) is -2.01. The first-order valence-electron chi connectivity index (χ1n) is 3.26. The van der Waals surface area contributed by atoms with Gasteiger partial charge in [0, 0.05) is 5.71 Å². The van der Waals surface area contributed by atoms with Crippen LogP contribution in [0, 0.1) is 5.41 Å². The summed E-state index contributed by atoms with van der Waals surface area (Å²) < 4.78 is 34.7. The predicted octanol–water partition coefficient (Wildman–Crippen LogP) is 2.92. The maximum atomic E-state index is 11.6. The summed E-state index contributed by atoms with van der Waals surface area (Å²) in [7, 11) is 0. The monoisotopic (exact) mass is 165 g/mol. The summed E-state index contributed by atoms with van der Waals surface area (Å²) in [5.74, 6) is 0. The Morgan fingerprint density at radius 3 is 2.36 bits per heavy atom. The van der Waals surface area contributed by atoms with Gasteiger partial charge in [-0.2, -0.15) is 13.2 Å². The number of hydrogen-bond donors (Lipinski definition) is 1. The third-order valence-electron chi connectivity index (χ3n) is 0.946. The summed E-state index contributed by atoms with van der Waals surface area (Å²) in [5.41, 5.74) is -0.389. The molecule has 0 rings (SSSR count). The molecule has 0 heterocycles. The quantitative estimate of drug-likeness (QED) is 0.621. The summed E-state index contributed by atoms with van der Waals surface area (Å²) >= 11 is 0. The average molecular weight is 165 g/mol. The Morgan fingerprint density at radius 2 is 2.00 bits per heavy atom. The molecule has 0 aromatic carbocycles. The minimum absolute atomic E-state index is 0.389. The van der Waals surface area contributed by atoms with Gasteiger partial charge in [-0.15, -0.1) is 0 Å². The van der Waals surface area contributed by atoms with Crippen molar-refractivity contribution in [1.29, 1.82) is 5.41 Å². The van der Waals surface area contributed by atoms with Crippen molar-refractivity contribution in [2.75, 3.05) is 0 Å². The fraction of sp³-hybridized carbons (Fsp3) is 0.571. The van der Waals surface area contributed by atoms with Crippen LogP contribution in [-0.2, 0) is 0 Å².